The topological polar surface area (TPSA) is 270 Å². The molecule has 9 N–H and O–H groups in total. The smallest absolute Gasteiger partial charge is 0.325 e. The largest absolute Gasteiger partial charge is 0.480 e. The summed E-state index contributed by atoms with van der Waals surface area (Å²) in [5.74, 6) is 1.18. The first-order valence-corrected chi connectivity index (χ1v) is 30.4. The lowest BCUT2D eigenvalue weighted by atomic mass is 9.47. The van der Waals surface area contributed by atoms with E-state index in [9.17, 15) is 48.3 Å². The highest BCUT2D eigenvalue weighted by atomic mass is 16.4. The Bertz CT molecular complexity index is 2280. The van der Waals surface area contributed by atoms with Crippen molar-refractivity contribution in [3.05, 3.63) is 47.5 Å². The zero-order valence-corrected chi connectivity index (χ0v) is 49.1. The van der Waals surface area contributed by atoms with Crippen LogP contribution in [0.2, 0.25) is 0 Å². The van der Waals surface area contributed by atoms with Crippen LogP contribution in [0.15, 0.2) is 42.0 Å². The zero-order chi connectivity index (χ0) is 58.2. The fraction of sp³-hybridized carbons (Fsp3) is 0.726. The SMILES string of the molecule is CC(C)CCC[C@@H](C)[C@H]1CC[C@H]2[C@@H]3CC=C4C[C@@H](NC(=O)CCCC(=O)NCCC(=O)NCCC(=O)NCCC(=O)NCCC(=O)NCCCCCC(=O)N[C@H](Cc5ccccc5)C(=O)N[C@H](C)C(=O)O)CC[C@]4(C)[C@H]3CC[C@]12C. The van der Waals surface area contributed by atoms with E-state index in [1.54, 1.807) is 5.57 Å². The van der Waals surface area contributed by atoms with Gasteiger partial charge in [0, 0.05) is 90.1 Å². The first-order chi connectivity index (χ1) is 38.2. The number of allylic oxidation sites excluding steroid dienone is 1. The van der Waals surface area contributed by atoms with Gasteiger partial charge in [-0.25, -0.2) is 0 Å². The lowest BCUT2D eigenvalue weighted by Crippen LogP contribution is -2.52. The minimum atomic E-state index is -1.18. The monoisotopic (exact) mass is 1110 g/mol. The molecule has 0 aromatic heterocycles. The van der Waals surface area contributed by atoms with Crippen molar-refractivity contribution in [3.63, 3.8) is 0 Å². The third-order valence-electron chi connectivity index (χ3n) is 18.2. The molecular formula is C62H98N8O10. The van der Waals surface area contributed by atoms with Gasteiger partial charge in [0.15, 0.2) is 0 Å². The van der Waals surface area contributed by atoms with Gasteiger partial charge in [0.05, 0.1) is 0 Å². The molecule has 18 heteroatoms. The fourth-order valence-electron chi connectivity index (χ4n) is 13.7. The van der Waals surface area contributed by atoms with Crippen LogP contribution in [0.1, 0.15) is 188 Å². The summed E-state index contributed by atoms with van der Waals surface area (Å²) in [4.78, 5) is 111. The highest BCUT2D eigenvalue weighted by Gasteiger charge is 2.59. The summed E-state index contributed by atoms with van der Waals surface area (Å²) in [5, 5.41) is 31.1. The Balaban J connectivity index is 0.826. The third-order valence-corrected chi connectivity index (χ3v) is 18.2. The van der Waals surface area contributed by atoms with E-state index in [4.69, 9.17) is 0 Å². The molecule has 1 aromatic rings. The van der Waals surface area contributed by atoms with Crippen LogP contribution in [-0.4, -0.2) is 109 Å². The van der Waals surface area contributed by atoms with Crippen molar-refractivity contribution in [3.8, 4) is 0 Å². The first-order valence-electron chi connectivity index (χ1n) is 30.4. The number of hydrogen-bond donors (Lipinski definition) is 9. The Kier molecular flexibility index (Phi) is 26.5. The van der Waals surface area contributed by atoms with Crippen molar-refractivity contribution in [1.29, 1.82) is 0 Å². The van der Waals surface area contributed by atoms with E-state index in [1.807, 2.05) is 30.3 Å². The molecule has 3 fully saturated rings. The summed E-state index contributed by atoms with van der Waals surface area (Å²) in [6, 6.07) is 7.16. The Morgan fingerprint density at radius 1 is 0.575 bits per heavy atom. The second-order valence-electron chi connectivity index (χ2n) is 24.6. The van der Waals surface area contributed by atoms with E-state index in [0.717, 1.165) is 60.3 Å². The summed E-state index contributed by atoms with van der Waals surface area (Å²) in [5.41, 5.74) is 3.05. The molecule has 0 bridgehead atoms. The van der Waals surface area contributed by atoms with Crippen molar-refractivity contribution in [1.82, 2.24) is 42.5 Å². The predicted octanol–water partition coefficient (Wildman–Crippen LogP) is 6.70. The second-order valence-corrected chi connectivity index (χ2v) is 24.6. The van der Waals surface area contributed by atoms with Crippen LogP contribution in [0.5, 0.6) is 0 Å². The van der Waals surface area contributed by atoms with Gasteiger partial charge in [-0.05, 0) is 129 Å². The van der Waals surface area contributed by atoms with Crippen LogP contribution in [0, 0.1) is 46.3 Å². The highest BCUT2D eigenvalue weighted by Crippen LogP contribution is 2.67. The number of fused-ring (bicyclic) bond motifs is 5. The van der Waals surface area contributed by atoms with Gasteiger partial charge in [-0.3, -0.25) is 43.2 Å². The third kappa shape index (κ3) is 20.6. The van der Waals surface area contributed by atoms with Gasteiger partial charge in [-0.2, -0.15) is 0 Å². The Labute approximate surface area is 476 Å². The minimum Gasteiger partial charge on any atom is -0.480 e. The molecule has 0 saturated heterocycles. The maximum atomic E-state index is 13.0. The lowest BCUT2D eigenvalue weighted by molar-refractivity contribution is -0.141. The van der Waals surface area contributed by atoms with Gasteiger partial charge in [0.25, 0.3) is 0 Å². The van der Waals surface area contributed by atoms with Gasteiger partial charge in [-0.15, -0.1) is 0 Å². The predicted molar refractivity (Wildman–Crippen MR) is 308 cm³/mol. The van der Waals surface area contributed by atoms with E-state index in [2.05, 4.69) is 83.2 Å². The number of unbranched alkanes of at least 4 members (excludes halogenated alkanes) is 2. The summed E-state index contributed by atoms with van der Waals surface area (Å²) in [7, 11) is 0. The van der Waals surface area contributed by atoms with Gasteiger partial charge in [0.1, 0.15) is 12.1 Å². The molecule has 0 radical (unpaired) electrons. The number of carbonyl (C=O) groups excluding carboxylic acids is 8. The van der Waals surface area contributed by atoms with Crippen LogP contribution >= 0.6 is 0 Å². The summed E-state index contributed by atoms with van der Waals surface area (Å²) >= 11 is 0. The molecule has 0 aliphatic heterocycles. The van der Waals surface area contributed by atoms with Crippen molar-refractivity contribution < 1.29 is 48.3 Å². The molecule has 0 spiro atoms. The molecule has 8 amide bonds. The molecule has 10 atom stereocenters. The van der Waals surface area contributed by atoms with Crippen molar-refractivity contribution >= 4 is 53.2 Å². The number of amides is 8. The van der Waals surface area contributed by atoms with Crippen LogP contribution in [0.3, 0.4) is 0 Å². The molecule has 5 rings (SSSR count). The van der Waals surface area contributed by atoms with Crippen molar-refractivity contribution in [2.45, 2.75) is 207 Å². The van der Waals surface area contributed by atoms with Crippen LogP contribution < -0.4 is 42.5 Å². The second kappa shape index (κ2) is 32.6. The van der Waals surface area contributed by atoms with E-state index < -0.39 is 24.0 Å². The highest BCUT2D eigenvalue weighted by molar-refractivity contribution is 5.90. The molecule has 0 unspecified atom stereocenters. The van der Waals surface area contributed by atoms with Gasteiger partial charge >= 0.3 is 5.97 Å². The Morgan fingerprint density at radius 3 is 1.75 bits per heavy atom. The molecule has 3 saturated carbocycles. The van der Waals surface area contributed by atoms with E-state index in [-0.39, 0.29) is 130 Å². The number of carboxylic acid groups (broad SMARTS) is 1. The molecule has 446 valence electrons. The summed E-state index contributed by atoms with van der Waals surface area (Å²) in [6.45, 7) is 14.6. The number of carbonyl (C=O) groups is 9. The maximum Gasteiger partial charge on any atom is 0.325 e. The quantitative estimate of drug-likeness (QED) is 0.0260. The average Bonchev–Trinajstić information content (AvgIpc) is 3.77. The number of rotatable bonds is 34. The maximum absolute atomic E-state index is 13.0. The standard InChI is InChI=1S/C62H98N8O10/c1-41(2)15-13-16-42(3)48-24-25-49-47-23-22-45-40-46(26-32-61(45,5)50(47)27-33-62(48,49)6)69-57(76)21-14-20-52(71)64-35-29-54(73)66-37-31-56(75)67-38-30-55(74)65-36-28-53(72)63-34-12-8-11-19-58(77)70-51(39-44-17-9-7-10-18-44)59(78)68-43(4)60(79)80/h7,9-10,17-18,22,41-43,46-51H,8,11-16,19-21,23-40H2,1-6H3,(H,63,72)(H,64,71)(H,65,74)(H,66,73)(H,67,75)(H,68,78)(H,69,76)(H,70,77)(H,79,80)/t42-,43-,46+,47+,48-,49+,50+,51-,61+,62-/m1/s1. The van der Waals surface area contributed by atoms with Crippen molar-refractivity contribution in [2.24, 2.45) is 46.3 Å². The van der Waals surface area contributed by atoms with E-state index >= 15 is 0 Å². The molecule has 1 aromatic carbocycles. The first kappa shape index (κ1) is 65.0. The van der Waals surface area contributed by atoms with Gasteiger partial charge in [-0.1, -0.05) is 102 Å². The fourth-order valence-corrected chi connectivity index (χ4v) is 13.7. The normalized spacial score (nSPS) is 24.0. The van der Waals surface area contributed by atoms with Crippen LogP contribution in [-0.2, 0) is 49.6 Å². The number of carboxylic acids is 1. The van der Waals surface area contributed by atoms with Crippen molar-refractivity contribution in [2.75, 3.05) is 32.7 Å². The number of nitrogens with one attached hydrogen (secondary N) is 8. The number of benzene rings is 1. The summed E-state index contributed by atoms with van der Waals surface area (Å²) in [6.07, 6.45) is 19.4. The van der Waals surface area contributed by atoms with Crippen LogP contribution in [0.25, 0.3) is 0 Å². The average molecular weight is 1120 g/mol. The lowest BCUT2D eigenvalue weighted by Gasteiger charge is -2.58. The van der Waals surface area contributed by atoms with Gasteiger partial charge in [0.2, 0.25) is 47.3 Å². The summed E-state index contributed by atoms with van der Waals surface area (Å²) < 4.78 is 0. The number of hydrogen-bond acceptors (Lipinski definition) is 9. The van der Waals surface area contributed by atoms with E-state index in [1.165, 1.54) is 58.3 Å². The minimum absolute atomic E-state index is 0.00885. The molecule has 0 heterocycles. The zero-order valence-electron chi connectivity index (χ0n) is 49.1. The molecule has 18 nitrogen and oxygen atoms in total. The van der Waals surface area contributed by atoms with E-state index in [0.29, 0.717) is 37.6 Å². The molecule has 4 aliphatic rings. The number of aliphatic carboxylic acids is 1. The Hall–Kier alpha value is -5.81. The molecule has 4 aliphatic carbocycles. The molecule has 80 heavy (non-hydrogen) atoms. The van der Waals surface area contributed by atoms with Crippen LogP contribution in [0.4, 0.5) is 0 Å². The van der Waals surface area contributed by atoms with Gasteiger partial charge < -0.3 is 47.6 Å². The molecular weight excluding hydrogens is 1020 g/mol. The Morgan fingerprint density at radius 2 is 1.15 bits per heavy atom.